The van der Waals surface area contributed by atoms with E-state index in [2.05, 4.69) is 72.8 Å². The topological polar surface area (TPSA) is 77.8 Å². The van der Waals surface area contributed by atoms with Gasteiger partial charge in [0.05, 0.1) is 5.39 Å². The summed E-state index contributed by atoms with van der Waals surface area (Å²) in [6.07, 6.45) is 8.01. The van der Waals surface area contributed by atoms with Crippen LogP contribution in [0, 0.1) is 0 Å². The summed E-state index contributed by atoms with van der Waals surface area (Å²) in [5.74, 6) is 2.76. The van der Waals surface area contributed by atoms with E-state index in [4.69, 9.17) is 28.8 Å². The Morgan fingerprint density at radius 2 is 1.10 bits per heavy atom. The first-order valence-corrected chi connectivity index (χ1v) is 16.2. The number of benzene rings is 5. The predicted octanol–water partition coefficient (Wildman–Crippen LogP) is 10.7. The molecular weight excluding hydrogens is 592 g/mol. The highest BCUT2D eigenvalue weighted by Crippen LogP contribution is 2.49. The van der Waals surface area contributed by atoms with Gasteiger partial charge in [-0.25, -0.2) is 15.0 Å². The van der Waals surface area contributed by atoms with Gasteiger partial charge in [-0.2, -0.15) is 0 Å². The maximum atomic E-state index is 6.36. The van der Waals surface area contributed by atoms with E-state index in [0.717, 1.165) is 79.3 Å². The number of aromatic nitrogens is 4. The molecule has 0 radical (unpaired) electrons. The Morgan fingerprint density at radius 3 is 1.92 bits per heavy atom. The van der Waals surface area contributed by atoms with Crippen molar-refractivity contribution in [2.75, 3.05) is 0 Å². The van der Waals surface area contributed by atoms with E-state index >= 15 is 0 Å². The normalized spacial score (nSPS) is 13.2. The van der Waals surface area contributed by atoms with E-state index in [0.29, 0.717) is 17.5 Å². The van der Waals surface area contributed by atoms with Gasteiger partial charge >= 0.3 is 0 Å². The number of rotatable bonds is 3. The summed E-state index contributed by atoms with van der Waals surface area (Å²) in [5, 5.41) is 4.24. The van der Waals surface area contributed by atoms with Crippen molar-refractivity contribution in [3.63, 3.8) is 0 Å². The SMILES string of the molecule is C1=Cc2c(oc3cccc(-c4nc(-c5ccc6c7c(cccc57)-c5ccccc5-6)nc(-c5cccc6oc7cccnc7c56)n4)c23)CC1. The Balaban J connectivity index is 1.23. The van der Waals surface area contributed by atoms with Crippen LogP contribution in [0.4, 0.5) is 0 Å². The van der Waals surface area contributed by atoms with E-state index in [9.17, 15) is 0 Å². The lowest BCUT2D eigenvalue weighted by Gasteiger charge is -2.12. The number of hydrogen-bond acceptors (Lipinski definition) is 6. The molecule has 0 unspecified atom stereocenters. The lowest BCUT2D eigenvalue weighted by Crippen LogP contribution is -2.01. The lowest BCUT2D eigenvalue weighted by atomic mass is 9.97. The molecule has 0 saturated heterocycles. The zero-order valence-electron chi connectivity index (χ0n) is 25.6. The Hall–Kier alpha value is -6.40. The van der Waals surface area contributed by atoms with E-state index in [1.165, 1.54) is 27.6 Å². The number of hydrogen-bond donors (Lipinski definition) is 0. The molecule has 9 aromatic rings. The minimum absolute atomic E-state index is 0.561. The molecule has 6 nitrogen and oxygen atoms in total. The Labute approximate surface area is 274 Å². The van der Waals surface area contributed by atoms with E-state index in [1.807, 2.05) is 42.5 Å². The van der Waals surface area contributed by atoms with Crippen LogP contribution in [0.2, 0.25) is 0 Å². The number of pyridine rings is 1. The fourth-order valence-corrected chi connectivity index (χ4v) is 7.75. The third-order valence-corrected chi connectivity index (χ3v) is 9.81. The minimum atomic E-state index is 0.561. The molecule has 0 atom stereocenters. The van der Waals surface area contributed by atoms with Gasteiger partial charge in [0.15, 0.2) is 23.1 Å². The van der Waals surface area contributed by atoms with Gasteiger partial charge in [-0.3, -0.25) is 4.98 Å². The molecular formula is C42H24N4O2. The summed E-state index contributed by atoms with van der Waals surface area (Å²) < 4.78 is 12.6. The molecule has 11 rings (SSSR count). The van der Waals surface area contributed by atoms with Gasteiger partial charge in [-0.15, -0.1) is 0 Å². The van der Waals surface area contributed by atoms with Crippen LogP contribution in [0.1, 0.15) is 17.7 Å². The van der Waals surface area contributed by atoms with Crippen LogP contribution in [-0.2, 0) is 6.42 Å². The fraction of sp³-hybridized carbons (Fsp3) is 0.0476. The molecule has 0 spiro atoms. The smallest absolute Gasteiger partial charge is 0.164 e. The molecule has 0 N–H and O–H groups in total. The minimum Gasteiger partial charge on any atom is -0.460 e. The predicted molar refractivity (Wildman–Crippen MR) is 190 cm³/mol. The van der Waals surface area contributed by atoms with E-state index < -0.39 is 0 Å². The molecule has 0 fully saturated rings. The van der Waals surface area contributed by atoms with Gasteiger partial charge in [-0.05, 0) is 69.8 Å². The van der Waals surface area contributed by atoms with Crippen LogP contribution in [0.3, 0.4) is 0 Å². The highest BCUT2D eigenvalue weighted by Gasteiger charge is 2.26. The van der Waals surface area contributed by atoms with Crippen molar-refractivity contribution >= 4 is 49.9 Å². The molecule has 0 saturated carbocycles. The molecule has 2 aliphatic carbocycles. The molecule has 4 heterocycles. The van der Waals surface area contributed by atoms with Crippen LogP contribution >= 0.6 is 0 Å². The van der Waals surface area contributed by atoms with Gasteiger partial charge in [0.2, 0.25) is 0 Å². The molecule has 6 heteroatoms. The zero-order valence-corrected chi connectivity index (χ0v) is 25.6. The number of furan rings is 2. The van der Waals surface area contributed by atoms with Crippen molar-refractivity contribution in [1.29, 1.82) is 0 Å². The quantitative estimate of drug-likeness (QED) is 0.197. The second-order valence-corrected chi connectivity index (χ2v) is 12.4. The Bertz CT molecular complexity index is 2830. The molecule has 0 amide bonds. The van der Waals surface area contributed by atoms with E-state index in [1.54, 1.807) is 6.20 Å². The van der Waals surface area contributed by atoms with Crippen molar-refractivity contribution in [2.45, 2.75) is 12.8 Å². The second-order valence-electron chi connectivity index (χ2n) is 12.4. The van der Waals surface area contributed by atoms with Crippen molar-refractivity contribution in [3.05, 3.63) is 127 Å². The average Bonchev–Trinajstić information content (AvgIpc) is 3.82. The van der Waals surface area contributed by atoms with Crippen molar-refractivity contribution in [3.8, 4) is 56.4 Å². The summed E-state index contributed by atoms with van der Waals surface area (Å²) in [5.41, 5.74) is 11.9. The molecule has 48 heavy (non-hydrogen) atoms. The van der Waals surface area contributed by atoms with Crippen LogP contribution in [0.15, 0.2) is 124 Å². The van der Waals surface area contributed by atoms with E-state index in [-0.39, 0.29) is 0 Å². The maximum absolute atomic E-state index is 6.36. The summed E-state index contributed by atoms with van der Waals surface area (Å²) in [6, 6.07) is 35.5. The summed E-state index contributed by atoms with van der Waals surface area (Å²) in [6.45, 7) is 0. The number of nitrogens with zero attached hydrogens (tertiary/aromatic N) is 4. The van der Waals surface area contributed by atoms with Crippen LogP contribution in [0.25, 0.3) is 106 Å². The van der Waals surface area contributed by atoms with Gasteiger partial charge in [0.25, 0.3) is 0 Å². The van der Waals surface area contributed by atoms with Crippen LogP contribution < -0.4 is 0 Å². The fourth-order valence-electron chi connectivity index (χ4n) is 7.75. The highest BCUT2D eigenvalue weighted by atomic mass is 16.3. The summed E-state index contributed by atoms with van der Waals surface area (Å²) >= 11 is 0. The molecule has 5 aromatic carbocycles. The van der Waals surface area contributed by atoms with Crippen molar-refractivity contribution in [1.82, 2.24) is 19.9 Å². The first kappa shape index (κ1) is 25.8. The summed E-state index contributed by atoms with van der Waals surface area (Å²) in [4.78, 5) is 20.4. The zero-order chi connectivity index (χ0) is 31.3. The maximum Gasteiger partial charge on any atom is 0.164 e. The van der Waals surface area contributed by atoms with Crippen LogP contribution in [-0.4, -0.2) is 19.9 Å². The van der Waals surface area contributed by atoms with Gasteiger partial charge in [0.1, 0.15) is 22.4 Å². The Kier molecular flexibility index (Phi) is 5.13. The third kappa shape index (κ3) is 3.51. The highest BCUT2D eigenvalue weighted by molar-refractivity contribution is 6.18. The number of aryl methyl sites for hydroxylation is 1. The number of fused-ring (bicyclic) bond motifs is 9. The third-order valence-electron chi connectivity index (χ3n) is 9.81. The monoisotopic (exact) mass is 616 g/mol. The van der Waals surface area contributed by atoms with Crippen molar-refractivity contribution < 1.29 is 8.83 Å². The summed E-state index contributed by atoms with van der Waals surface area (Å²) in [7, 11) is 0. The first-order valence-electron chi connectivity index (χ1n) is 16.2. The lowest BCUT2D eigenvalue weighted by molar-refractivity contribution is 0.546. The van der Waals surface area contributed by atoms with Crippen molar-refractivity contribution in [2.24, 2.45) is 0 Å². The van der Waals surface area contributed by atoms with Gasteiger partial charge in [0, 0.05) is 40.3 Å². The molecule has 4 aromatic heterocycles. The molecule has 0 bridgehead atoms. The van der Waals surface area contributed by atoms with Gasteiger partial charge in [-0.1, -0.05) is 84.9 Å². The van der Waals surface area contributed by atoms with Gasteiger partial charge < -0.3 is 8.83 Å². The Morgan fingerprint density at radius 1 is 0.479 bits per heavy atom. The molecule has 224 valence electrons. The van der Waals surface area contributed by atoms with Crippen LogP contribution in [0.5, 0.6) is 0 Å². The average molecular weight is 617 g/mol. The second kappa shape index (κ2) is 9.56. The molecule has 0 aliphatic heterocycles. The largest absolute Gasteiger partial charge is 0.460 e. The number of allylic oxidation sites excluding steroid dienone is 1. The first-order chi connectivity index (χ1) is 23.8. The standard InChI is InChI=1S/C42H24N4O2/c1-2-10-24-23(9-1)25-12-5-13-26-28(21-20-27(24)36(25)26)40-44-41(30-14-6-17-33-37(30)29-11-3-4-16-32(29)47-33)46-42(45-40)31-15-7-18-34-38(31)39-35(48-34)19-8-22-43-39/h1-3,5-15,17-22H,4,16H2. The molecule has 2 aliphatic rings.